The Bertz CT molecular complexity index is 427. The fourth-order valence-corrected chi connectivity index (χ4v) is 3.03. The van der Waals surface area contributed by atoms with Crippen LogP contribution in [0.4, 0.5) is 5.13 Å². The molecule has 2 N–H and O–H groups in total. The van der Waals surface area contributed by atoms with Crippen molar-refractivity contribution in [2.24, 2.45) is 0 Å². The molecule has 6 heteroatoms. The highest BCUT2D eigenvalue weighted by Gasteiger charge is 2.33. The molecular formula is C12H19N3O2S. The summed E-state index contributed by atoms with van der Waals surface area (Å²) in [6.45, 7) is 0.387. The van der Waals surface area contributed by atoms with Crippen molar-refractivity contribution in [3.8, 4) is 0 Å². The summed E-state index contributed by atoms with van der Waals surface area (Å²) < 4.78 is 0. The van der Waals surface area contributed by atoms with Crippen LogP contribution in [0, 0.1) is 0 Å². The van der Waals surface area contributed by atoms with E-state index in [2.05, 4.69) is 10.3 Å². The molecule has 1 heterocycles. The first-order chi connectivity index (χ1) is 8.54. The van der Waals surface area contributed by atoms with E-state index in [0.717, 1.165) is 30.8 Å². The van der Waals surface area contributed by atoms with Gasteiger partial charge in [0, 0.05) is 26.0 Å². The molecule has 1 aromatic heterocycles. The number of nitrogens with one attached hydrogen (secondary N) is 1. The topological polar surface area (TPSA) is 65.5 Å². The summed E-state index contributed by atoms with van der Waals surface area (Å²) in [6, 6.07) is 0. The molecule has 0 aliphatic heterocycles. The lowest BCUT2D eigenvalue weighted by Crippen LogP contribution is -2.42. The minimum Gasteiger partial charge on any atom is -0.388 e. The molecule has 0 saturated heterocycles. The Morgan fingerprint density at radius 2 is 2.28 bits per heavy atom. The number of carbonyl (C=O) groups is 1. The summed E-state index contributed by atoms with van der Waals surface area (Å²) in [5.41, 5.74) is -0.264. The Morgan fingerprint density at radius 1 is 1.61 bits per heavy atom. The van der Waals surface area contributed by atoms with Crippen molar-refractivity contribution in [3.05, 3.63) is 11.1 Å². The number of nitrogens with zero attached hydrogens (tertiary/aromatic N) is 2. The van der Waals surface area contributed by atoms with Gasteiger partial charge in [-0.15, -0.1) is 11.3 Å². The molecule has 1 amide bonds. The van der Waals surface area contributed by atoms with Crippen LogP contribution < -0.4 is 5.32 Å². The average Bonchev–Trinajstić information content (AvgIpc) is 2.96. The van der Waals surface area contributed by atoms with E-state index in [0.29, 0.717) is 12.2 Å². The van der Waals surface area contributed by atoms with Crippen molar-refractivity contribution in [1.29, 1.82) is 0 Å². The summed E-state index contributed by atoms with van der Waals surface area (Å²) >= 11 is 1.40. The lowest BCUT2D eigenvalue weighted by Gasteiger charge is -2.28. The molecule has 0 radical (unpaired) electrons. The van der Waals surface area contributed by atoms with Crippen LogP contribution in [0.2, 0.25) is 0 Å². The van der Waals surface area contributed by atoms with Crippen LogP contribution in [0.5, 0.6) is 0 Å². The summed E-state index contributed by atoms with van der Waals surface area (Å²) in [6.07, 6.45) is 3.64. The van der Waals surface area contributed by atoms with Crippen molar-refractivity contribution in [2.75, 3.05) is 26.0 Å². The van der Waals surface area contributed by atoms with Crippen LogP contribution >= 0.6 is 11.3 Å². The predicted molar refractivity (Wildman–Crippen MR) is 72.0 cm³/mol. The van der Waals surface area contributed by atoms with Gasteiger partial charge in [-0.25, -0.2) is 4.98 Å². The number of rotatable bonds is 4. The fraction of sp³-hybridized carbons (Fsp3) is 0.667. The van der Waals surface area contributed by atoms with Gasteiger partial charge in [-0.3, -0.25) is 4.79 Å². The lowest BCUT2D eigenvalue weighted by molar-refractivity contribution is 0.0155. The molecule has 2 rings (SSSR count). The van der Waals surface area contributed by atoms with Crippen molar-refractivity contribution >= 4 is 22.4 Å². The molecule has 0 unspecified atom stereocenters. The maximum absolute atomic E-state index is 12.1. The van der Waals surface area contributed by atoms with E-state index in [9.17, 15) is 9.90 Å². The largest absolute Gasteiger partial charge is 0.388 e. The zero-order chi connectivity index (χ0) is 13.2. The Morgan fingerprint density at radius 3 is 2.83 bits per heavy atom. The van der Waals surface area contributed by atoms with E-state index >= 15 is 0 Å². The van der Waals surface area contributed by atoms with Gasteiger partial charge in [-0.2, -0.15) is 0 Å². The molecule has 0 spiro atoms. The molecule has 1 aromatic rings. The lowest BCUT2D eigenvalue weighted by atomic mass is 10.0. The van der Waals surface area contributed by atoms with Crippen molar-refractivity contribution in [1.82, 2.24) is 9.88 Å². The maximum Gasteiger partial charge on any atom is 0.273 e. The van der Waals surface area contributed by atoms with Gasteiger partial charge in [0.2, 0.25) is 0 Å². The highest BCUT2D eigenvalue weighted by molar-refractivity contribution is 7.13. The summed E-state index contributed by atoms with van der Waals surface area (Å²) in [7, 11) is 3.50. The second-order valence-electron chi connectivity index (χ2n) is 4.88. The minimum absolute atomic E-state index is 0.131. The van der Waals surface area contributed by atoms with Gasteiger partial charge >= 0.3 is 0 Å². The molecule has 0 atom stereocenters. The first-order valence-electron chi connectivity index (χ1n) is 6.15. The fourth-order valence-electron chi connectivity index (χ4n) is 2.39. The molecule has 5 nitrogen and oxygen atoms in total. The Balaban J connectivity index is 2.00. The SMILES string of the molecule is CNc1nc(C(=O)N(C)CC2(O)CCCC2)cs1. The smallest absolute Gasteiger partial charge is 0.273 e. The van der Waals surface area contributed by atoms with Crippen molar-refractivity contribution in [3.63, 3.8) is 0 Å². The van der Waals surface area contributed by atoms with E-state index in [-0.39, 0.29) is 5.91 Å². The van der Waals surface area contributed by atoms with Crippen molar-refractivity contribution in [2.45, 2.75) is 31.3 Å². The maximum atomic E-state index is 12.1. The Labute approximate surface area is 111 Å². The third kappa shape index (κ3) is 2.81. The van der Waals surface area contributed by atoms with Crippen LogP contribution in [0.25, 0.3) is 0 Å². The van der Waals surface area contributed by atoms with Crippen LogP contribution in [0.15, 0.2) is 5.38 Å². The number of hydrogen-bond donors (Lipinski definition) is 2. The molecule has 0 bridgehead atoms. The van der Waals surface area contributed by atoms with Gasteiger partial charge in [-0.1, -0.05) is 12.8 Å². The zero-order valence-electron chi connectivity index (χ0n) is 10.8. The third-order valence-electron chi connectivity index (χ3n) is 3.35. The molecule has 1 aliphatic carbocycles. The number of aliphatic hydroxyl groups is 1. The molecule has 1 fully saturated rings. The Kier molecular flexibility index (Phi) is 3.87. The number of amides is 1. The Hall–Kier alpha value is -1.14. The molecular weight excluding hydrogens is 250 g/mol. The second kappa shape index (κ2) is 5.24. The quantitative estimate of drug-likeness (QED) is 0.870. The van der Waals surface area contributed by atoms with Gasteiger partial charge in [0.05, 0.1) is 5.60 Å². The number of anilines is 1. The number of hydrogen-bond acceptors (Lipinski definition) is 5. The van der Waals surface area contributed by atoms with Crippen LogP contribution in [0.1, 0.15) is 36.2 Å². The van der Waals surface area contributed by atoms with Crippen molar-refractivity contribution < 1.29 is 9.90 Å². The highest BCUT2D eigenvalue weighted by Crippen LogP contribution is 2.30. The standard InChI is InChI=1S/C12H19N3O2S/c1-13-11-14-9(7-18-11)10(16)15(2)8-12(17)5-3-4-6-12/h7,17H,3-6,8H2,1-2H3,(H,13,14). The molecule has 0 aromatic carbocycles. The van der Waals surface area contributed by atoms with E-state index in [1.54, 1.807) is 24.4 Å². The zero-order valence-corrected chi connectivity index (χ0v) is 11.6. The minimum atomic E-state index is -0.702. The van der Waals surface area contributed by atoms with Gasteiger partial charge in [-0.05, 0) is 12.8 Å². The first-order valence-corrected chi connectivity index (χ1v) is 7.03. The third-order valence-corrected chi connectivity index (χ3v) is 4.21. The summed E-state index contributed by atoms with van der Waals surface area (Å²) in [5, 5.41) is 15.7. The summed E-state index contributed by atoms with van der Waals surface area (Å²) in [4.78, 5) is 17.9. The van der Waals surface area contributed by atoms with E-state index in [1.807, 2.05) is 0 Å². The molecule has 18 heavy (non-hydrogen) atoms. The van der Waals surface area contributed by atoms with Crippen LogP contribution in [-0.2, 0) is 0 Å². The predicted octanol–water partition coefficient (Wildman–Crippen LogP) is 1.56. The molecule has 100 valence electrons. The average molecular weight is 269 g/mol. The van der Waals surface area contributed by atoms with E-state index in [4.69, 9.17) is 0 Å². The number of carbonyl (C=O) groups excluding carboxylic acids is 1. The van der Waals surface area contributed by atoms with Crippen LogP contribution in [0.3, 0.4) is 0 Å². The summed E-state index contributed by atoms with van der Waals surface area (Å²) in [5.74, 6) is -0.131. The normalized spacial score (nSPS) is 17.7. The molecule has 1 aliphatic rings. The monoisotopic (exact) mass is 269 g/mol. The number of thiazole rings is 1. The van der Waals surface area contributed by atoms with Gasteiger partial charge in [0.15, 0.2) is 5.13 Å². The van der Waals surface area contributed by atoms with Gasteiger partial charge < -0.3 is 15.3 Å². The first kappa shape index (κ1) is 13.3. The number of aromatic nitrogens is 1. The van der Waals surface area contributed by atoms with E-state index < -0.39 is 5.60 Å². The van der Waals surface area contributed by atoms with E-state index in [1.165, 1.54) is 11.3 Å². The highest BCUT2D eigenvalue weighted by atomic mass is 32.1. The van der Waals surface area contributed by atoms with Gasteiger partial charge in [0.1, 0.15) is 5.69 Å². The molecule has 1 saturated carbocycles. The number of likely N-dealkylation sites (N-methyl/N-ethyl adjacent to an activating group) is 1. The van der Waals surface area contributed by atoms with Crippen LogP contribution in [-0.4, -0.2) is 47.1 Å². The van der Waals surface area contributed by atoms with Gasteiger partial charge in [0.25, 0.3) is 5.91 Å². The second-order valence-corrected chi connectivity index (χ2v) is 5.74.